The van der Waals surface area contributed by atoms with Gasteiger partial charge in [0.25, 0.3) is 0 Å². The van der Waals surface area contributed by atoms with E-state index in [1.165, 1.54) is 11.1 Å². The Morgan fingerprint density at radius 3 is 2.94 bits per heavy atom. The van der Waals surface area contributed by atoms with E-state index in [0.717, 1.165) is 37.8 Å². The molecule has 0 saturated carbocycles. The number of benzene rings is 1. The van der Waals surface area contributed by atoms with Crippen LogP contribution >= 0.6 is 0 Å². The van der Waals surface area contributed by atoms with Gasteiger partial charge in [-0.25, -0.2) is 5.43 Å². The lowest BCUT2D eigenvalue weighted by Crippen LogP contribution is -2.18. The number of nitrogens with zero attached hydrogens (tertiary/aromatic N) is 1. The number of carbonyl (C=O) groups excluding carboxylic acids is 1. The first-order valence-electron chi connectivity index (χ1n) is 6.75. The molecule has 1 amide bonds. The molecule has 3 nitrogen and oxygen atoms in total. The van der Waals surface area contributed by atoms with Crippen LogP contribution in [-0.2, 0) is 11.2 Å². The number of hydrazone groups is 1. The van der Waals surface area contributed by atoms with Crippen LogP contribution in [0.4, 0.5) is 0 Å². The molecule has 0 atom stereocenters. The number of fused-ring (bicyclic) bond motifs is 1. The zero-order valence-electron chi connectivity index (χ0n) is 10.9. The maximum absolute atomic E-state index is 11.6. The predicted molar refractivity (Wildman–Crippen MR) is 73.6 cm³/mol. The van der Waals surface area contributed by atoms with Crippen molar-refractivity contribution in [3.63, 3.8) is 0 Å². The molecule has 0 aromatic heterocycles. The molecule has 0 spiro atoms. The van der Waals surface area contributed by atoms with Crippen LogP contribution in [0.25, 0.3) is 0 Å². The molecule has 3 heteroatoms. The first kappa shape index (κ1) is 12.8. The lowest BCUT2D eigenvalue weighted by Gasteiger charge is -2.02. The average Bonchev–Trinajstić information content (AvgIpc) is 2.80. The van der Waals surface area contributed by atoms with Crippen LogP contribution in [0.3, 0.4) is 0 Å². The summed E-state index contributed by atoms with van der Waals surface area (Å²) in [6.07, 6.45) is 5.72. The molecule has 1 aromatic carbocycles. The fourth-order valence-corrected chi connectivity index (χ4v) is 2.24. The normalized spacial score (nSPS) is 15.7. The highest BCUT2D eigenvalue weighted by Crippen LogP contribution is 2.21. The summed E-state index contributed by atoms with van der Waals surface area (Å²) in [6.45, 7) is 2.13. The fourth-order valence-electron chi connectivity index (χ4n) is 2.24. The van der Waals surface area contributed by atoms with Gasteiger partial charge in [-0.2, -0.15) is 5.10 Å². The summed E-state index contributed by atoms with van der Waals surface area (Å²) in [5, 5.41) is 4.26. The highest BCUT2D eigenvalue weighted by molar-refractivity contribution is 6.04. The van der Waals surface area contributed by atoms with E-state index < -0.39 is 0 Å². The van der Waals surface area contributed by atoms with Crippen molar-refractivity contribution >= 4 is 11.6 Å². The highest BCUT2D eigenvalue weighted by atomic mass is 16.2. The van der Waals surface area contributed by atoms with Gasteiger partial charge in [0.15, 0.2) is 0 Å². The summed E-state index contributed by atoms with van der Waals surface area (Å²) in [4.78, 5) is 11.6. The van der Waals surface area contributed by atoms with Crippen molar-refractivity contribution in [3.8, 4) is 0 Å². The maximum Gasteiger partial charge on any atom is 0.240 e. The van der Waals surface area contributed by atoms with E-state index in [4.69, 9.17) is 0 Å². The summed E-state index contributed by atoms with van der Waals surface area (Å²) in [6, 6.07) is 8.26. The number of unbranched alkanes of at least 4 members (excludes halogenated alkanes) is 2. The minimum absolute atomic E-state index is 0.0281. The quantitative estimate of drug-likeness (QED) is 0.627. The van der Waals surface area contributed by atoms with E-state index in [1.807, 2.05) is 12.1 Å². The third kappa shape index (κ3) is 3.19. The molecule has 96 valence electrons. The number of hydrogen-bond acceptors (Lipinski definition) is 2. The first-order chi connectivity index (χ1) is 8.81. The van der Waals surface area contributed by atoms with E-state index in [1.54, 1.807) is 0 Å². The van der Waals surface area contributed by atoms with Gasteiger partial charge in [0.2, 0.25) is 5.91 Å². The molecule has 0 saturated heterocycles. The lowest BCUT2D eigenvalue weighted by molar-refractivity contribution is -0.121. The van der Waals surface area contributed by atoms with E-state index in [2.05, 4.69) is 29.6 Å². The third-order valence-corrected chi connectivity index (χ3v) is 3.28. The van der Waals surface area contributed by atoms with Gasteiger partial charge in [-0.15, -0.1) is 0 Å². The zero-order chi connectivity index (χ0) is 12.8. The molecule has 0 unspecified atom stereocenters. The average molecular weight is 244 g/mol. The van der Waals surface area contributed by atoms with E-state index in [-0.39, 0.29) is 5.91 Å². The highest BCUT2D eigenvalue weighted by Gasteiger charge is 2.16. The Kier molecular flexibility index (Phi) is 4.51. The number of amides is 1. The minimum atomic E-state index is 0.0281. The predicted octanol–water partition coefficient (Wildman–Crippen LogP) is 3.03. The van der Waals surface area contributed by atoms with Gasteiger partial charge in [0.1, 0.15) is 0 Å². The Morgan fingerprint density at radius 2 is 2.11 bits per heavy atom. The molecule has 0 fully saturated rings. The van der Waals surface area contributed by atoms with Gasteiger partial charge in [0, 0.05) is 12.0 Å². The second kappa shape index (κ2) is 6.34. The zero-order valence-corrected chi connectivity index (χ0v) is 10.9. The van der Waals surface area contributed by atoms with Crippen molar-refractivity contribution in [1.29, 1.82) is 0 Å². The van der Waals surface area contributed by atoms with Crippen molar-refractivity contribution in [3.05, 3.63) is 35.4 Å². The minimum Gasteiger partial charge on any atom is -0.273 e. The molecule has 0 bridgehead atoms. The van der Waals surface area contributed by atoms with Gasteiger partial charge in [-0.05, 0) is 24.8 Å². The van der Waals surface area contributed by atoms with E-state index >= 15 is 0 Å². The molecule has 1 N–H and O–H groups in total. The fraction of sp³-hybridized carbons (Fsp3) is 0.467. The standard InChI is InChI=1S/C15H20N2O/c1-2-3-4-9-15(18)17-16-14-11-10-12-7-5-6-8-13(12)14/h5-8H,2-4,9-11H2,1H3,(H,17,18)/b16-14+. The van der Waals surface area contributed by atoms with Gasteiger partial charge in [-0.3, -0.25) is 4.79 Å². The van der Waals surface area contributed by atoms with Crippen LogP contribution in [0.5, 0.6) is 0 Å². The van der Waals surface area contributed by atoms with Crippen LogP contribution in [0.2, 0.25) is 0 Å². The topological polar surface area (TPSA) is 41.5 Å². The molecule has 0 aliphatic heterocycles. The second-order valence-electron chi connectivity index (χ2n) is 4.71. The summed E-state index contributed by atoms with van der Waals surface area (Å²) in [7, 11) is 0. The monoisotopic (exact) mass is 244 g/mol. The summed E-state index contributed by atoms with van der Waals surface area (Å²) in [5.41, 5.74) is 6.20. The van der Waals surface area contributed by atoms with Crippen molar-refractivity contribution in [2.24, 2.45) is 5.10 Å². The molecular formula is C15H20N2O. The van der Waals surface area contributed by atoms with Crippen LogP contribution in [-0.4, -0.2) is 11.6 Å². The SMILES string of the molecule is CCCCCC(=O)N/N=C1\CCc2ccccc21. The van der Waals surface area contributed by atoms with Crippen LogP contribution in [0, 0.1) is 0 Å². The summed E-state index contributed by atoms with van der Waals surface area (Å²) >= 11 is 0. The van der Waals surface area contributed by atoms with Crippen molar-refractivity contribution in [2.45, 2.75) is 45.4 Å². The Labute approximate surface area is 108 Å². The number of aryl methyl sites for hydroxylation is 1. The molecular weight excluding hydrogens is 224 g/mol. The molecule has 18 heavy (non-hydrogen) atoms. The molecule has 2 rings (SSSR count). The summed E-state index contributed by atoms with van der Waals surface area (Å²) in [5.74, 6) is 0.0281. The number of hydrogen-bond donors (Lipinski definition) is 1. The number of carbonyl (C=O) groups is 1. The largest absolute Gasteiger partial charge is 0.273 e. The smallest absolute Gasteiger partial charge is 0.240 e. The molecule has 0 radical (unpaired) electrons. The van der Waals surface area contributed by atoms with Crippen LogP contribution in [0.15, 0.2) is 29.4 Å². The number of rotatable bonds is 5. The Balaban J connectivity index is 1.89. The Bertz CT molecular complexity index is 452. The molecule has 0 heterocycles. The van der Waals surface area contributed by atoms with Gasteiger partial charge in [0.05, 0.1) is 5.71 Å². The van der Waals surface area contributed by atoms with Gasteiger partial charge in [-0.1, -0.05) is 44.0 Å². The van der Waals surface area contributed by atoms with Gasteiger partial charge < -0.3 is 0 Å². The Morgan fingerprint density at radius 1 is 1.28 bits per heavy atom. The van der Waals surface area contributed by atoms with Gasteiger partial charge >= 0.3 is 0 Å². The first-order valence-corrected chi connectivity index (χ1v) is 6.75. The molecule has 1 aromatic rings. The van der Waals surface area contributed by atoms with Crippen LogP contribution < -0.4 is 5.43 Å². The summed E-state index contributed by atoms with van der Waals surface area (Å²) < 4.78 is 0. The van der Waals surface area contributed by atoms with Crippen LogP contribution in [0.1, 0.15) is 50.2 Å². The van der Waals surface area contributed by atoms with E-state index in [9.17, 15) is 4.79 Å². The van der Waals surface area contributed by atoms with Crippen molar-refractivity contribution in [1.82, 2.24) is 5.43 Å². The van der Waals surface area contributed by atoms with Crippen molar-refractivity contribution < 1.29 is 4.79 Å². The second-order valence-corrected chi connectivity index (χ2v) is 4.71. The lowest BCUT2D eigenvalue weighted by atomic mass is 10.1. The maximum atomic E-state index is 11.6. The molecule has 1 aliphatic rings. The molecule has 1 aliphatic carbocycles. The third-order valence-electron chi connectivity index (χ3n) is 3.28. The number of nitrogens with one attached hydrogen (secondary N) is 1. The van der Waals surface area contributed by atoms with E-state index in [0.29, 0.717) is 6.42 Å². The van der Waals surface area contributed by atoms with Crippen molar-refractivity contribution in [2.75, 3.05) is 0 Å². The Hall–Kier alpha value is -1.64.